The van der Waals surface area contributed by atoms with E-state index in [9.17, 15) is 45.4 Å². The Balaban J connectivity index is 1.47. The van der Waals surface area contributed by atoms with E-state index >= 15 is 0 Å². The number of benzene rings is 2. The lowest BCUT2D eigenvalue weighted by molar-refractivity contribution is -0.606. The highest BCUT2D eigenvalue weighted by Gasteiger charge is 2.75. The molecule has 1 aliphatic rings. The third-order valence-electron chi connectivity index (χ3n) is 7.98. The van der Waals surface area contributed by atoms with Gasteiger partial charge in [-0.2, -0.15) is 10.1 Å². The molecule has 2 aromatic carbocycles. The van der Waals surface area contributed by atoms with E-state index in [0.717, 1.165) is 6.07 Å². The highest BCUT2D eigenvalue weighted by molar-refractivity contribution is 7.71. The van der Waals surface area contributed by atoms with Crippen molar-refractivity contribution in [3.63, 3.8) is 0 Å². The number of fused-ring (bicyclic) bond motifs is 1. The molecular weight excluding hydrogens is 693 g/mol. The van der Waals surface area contributed by atoms with Crippen molar-refractivity contribution in [1.82, 2.24) is 29.7 Å². The molecule has 6 rings (SSSR count). The summed E-state index contributed by atoms with van der Waals surface area (Å²) in [6, 6.07) is 5.76. The Hall–Kier alpha value is -4.86. The van der Waals surface area contributed by atoms with Crippen molar-refractivity contribution in [1.29, 1.82) is 0 Å². The molecule has 51 heavy (non-hydrogen) atoms. The van der Waals surface area contributed by atoms with Crippen molar-refractivity contribution in [2.45, 2.75) is 30.7 Å². The molecule has 5 aromatic rings. The Morgan fingerprint density at radius 1 is 0.882 bits per heavy atom. The maximum atomic E-state index is 13.4. The topological polar surface area (TPSA) is 294 Å². The number of anilines is 5. The number of aromatic nitrogens is 6. The molecule has 0 atom stereocenters. The molecule has 1 saturated heterocycles. The van der Waals surface area contributed by atoms with Gasteiger partial charge in [0, 0.05) is 54.6 Å². The van der Waals surface area contributed by atoms with Gasteiger partial charge < -0.3 is 60.8 Å². The number of hydrogen-bond acceptors (Lipinski definition) is 19. The van der Waals surface area contributed by atoms with Crippen LogP contribution in [0.5, 0.6) is 5.75 Å². The van der Waals surface area contributed by atoms with E-state index in [1.165, 1.54) is 48.8 Å². The van der Waals surface area contributed by atoms with Crippen LogP contribution in [0.3, 0.4) is 0 Å². The van der Waals surface area contributed by atoms with Crippen LogP contribution in [0.2, 0.25) is 0 Å². The molecule has 270 valence electrons. The number of nitrogens with one attached hydrogen (secondary N) is 2. The van der Waals surface area contributed by atoms with E-state index < -0.39 is 36.6 Å². The lowest BCUT2D eigenvalue weighted by atomic mass is 10.0. The summed E-state index contributed by atoms with van der Waals surface area (Å²) in [7, 11) is -0.133. The van der Waals surface area contributed by atoms with Gasteiger partial charge in [-0.25, -0.2) is 4.98 Å². The summed E-state index contributed by atoms with van der Waals surface area (Å²) in [5.41, 5.74) is 1.65. The van der Waals surface area contributed by atoms with Gasteiger partial charge in [0.15, 0.2) is 0 Å². The van der Waals surface area contributed by atoms with Crippen molar-refractivity contribution >= 4 is 52.3 Å². The predicted molar refractivity (Wildman–Crippen MR) is 179 cm³/mol. The van der Waals surface area contributed by atoms with Crippen molar-refractivity contribution in [3.8, 4) is 16.9 Å². The van der Waals surface area contributed by atoms with E-state index in [4.69, 9.17) is 4.74 Å². The molecular formula is C30H34N9O11P. The van der Waals surface area contributed by atoms with Gasteiger partial charge in [0.1, 0.15) is 24.2 Å². The van der Waals surface area contributed by atoms with Crippen LogP contribution >= 0.6 is 7.14 Å². The maximum absolute atomic E-state index is 13.4. The zero-order valence-corrected chi connectivity index (χ0v) is 28.5. The molecule has 20 nitrogen and oxygen atoms in total. The van der Waals surface area contributed by atoms with Crippen molar-refractivity contribution in [2.24, 2.45) is 7.05 Å². The fourth-order valence-corrected chi connectivity index (χ4v) is 6.93. The lowest BCUT2D eigenvalue weighted by Gasteiger charge is -2.56. The number of methoxy groups -OCH3 is 1. The number of aliphatic hydroxyl groups is 8. The molecule has 0 amide bonds. The molecule has 10 N–H and O–H groups in total. The molecule has 0 aliphatic carbocycles. The predicted octanol–water partition coefficient (Wildman–Crippen LogP) is -0.737. The first kappa shape index (κ1) is 35.9. The average molecular weight is 728 g/mol. The van der Waals surface area contributed by atoms with Gasteiger partial charge >= 0.3 is 23.8 Å². The van der Waals surface area contributed by atoms with Gasteiger partial charge in [-0.1, -0.05) is 0 Å². The van der Waals surface area contributed by atoms with Crippen LogP contribution in [0.25, 0.3) is 22.2 Å². The number of hydrogen-bond donors (Lipinski definition) is 10. The second-order valence-corrected chi connectivity index (χ2v) is 15.3. The quantitative estimate of drug-likeness (QED) is 0.0695. The minimum Gasteiger partial charge on any atom is -0.494 e. The second kappa shape index (κ2) is 12.1. The van der Waals surface area contributed by atoms with Crippen LogP contribution in [0, 0.1) is 6.92 Å². The number of rotatable bonds is 8. The van der Waals surface area contributed by atoms with Gasteiger partial charge in [0.2, 0.25) is 5.95 Å². The van der Waals surface area contributed by atoms with Crippen LogP contribution < -0.4 is 25.6 Å². The summed E-state index contributed by atoms with van der Waals surface area (Å²) in [4.78, 5) is 17.4. The second-order valence-electron chi connectivity index (χ2n) is 12.1. The van der Waals surface area contributed by atoms with Crippen LogP contribution in [-0.2, 0) is 16.3 Å². The lowest BCUT2D eigenvalue weighted by Crippen LogP contribution is -2.84. The Morgan fingerprint density at radius 3 is 2.16 bits per heavy atom. The summed E-state index contributed by atoms with van der Waals surface area (Å²) in [5.74, 6) is -16.5. The normalized spacial score (nSPS) is 17.7. The third-order valence-corrected chi connectivity index (χ3v) is 9.51. The summed E-state index contributed by atoms with van der Waals surface area (Å²) in [6.45, 7) is 4.98. The molecule has 1 aliphatic heterocycles. The van der Waals surface area contributed by atoms with E-state index in [-0.39, 0.29) is 33.4 Å². The Bertz CT molecular complexity index is 2180. The molecule has 0 saturated carbocycles. The Morgan fingerprint density at radius 2 is 1.55 bits per heavy atom. The van der Waals surface area contributed by atoms with Gasteiger partial charge in [0.05, 0.1) is 41.2 Å². The number of morpholine rings is 1. The third kappa shape index (κ3) is 6.12. The zero-order valence-electron chi connectivity index (χ0n) is 27.6. The summed E-state index contributed by atoms with van der Waals surface area (Å²) >= 11 is 0. The van der Waals surface area contributed by atoms with Crippen LogP contribution in [0.4, 0.5) is 28.8 Å². The maximum Gasteiger partial charge on any atom is 0.362 e. The van der Waals surface area contributed by atoms with Crippen molar-refractivity contribution < 1.29 is 54.9 Å². The van der Waals surface area contributed by atoms with Gasteiger partial charge in [-0.3, -0.25) is 24.3 Å². The van der Waals surface area contributed by atoms with E-state index in [1.54, 1.807) is 39.4 Å². The monoisotopic (exact) mass is 727 g/mol. The van der Waals surface area contributed by atoms with Gasteiger partial charge in [-0.15, -0.1) is 0 Å². The highest BCUT2D eigenvalue weighted by Crippen LogP contribution is 2.50. The smallest absolute Gasteiger partial charge is 0.362 e. The SMILES string of the molecule is COc1cc(N2C(O)(O)C(O)(O)OC(O)(O)C2(O)O)c(-c2cnn(C)c2)cc1Nc1ncc(C)c(Nc2ccc3nccnc3c2P(C)(C)=O)n1. The Labute approximate surface area is 288 Å². The van der Waals surface area contributed by atoms with Crippen LogP contribution in [0.1, 0.15) is 5.56 Å². The first-order valence-corrected chi connectivity index (χ1v) is 17.5. The molecule has 0 unspecified atom stereocenters. The minimum atomic E-state index is -4.21. The summed E-state index contributed by atoms with van der Waals surface area (Å²) in [5, 5.41) is 95.1. The molecule has 21 heteroatoms. The number of aryl methyl sites for hydroxylation is 2. The molecule has 1 fully saturated rings. The summed E-state index contributed by atoms with van der Waals surface area (Å²) in [6.07, 6.45) is 7.30. The fourth-order valence-electron chi connectivity index (χ4n) is 5.54. The first-order valence-electron chi connectivity index (χ1n) is 14.9. The van der Waals surface area contributed by atoms with Crippen molar-refractivity contribution in [3.05, 3.63) is 60.8 Å². The standard InChI is InChI=1S/C30H34N9O11P/c1-15-12-33-26(37-25(15)35-19-7-6-18-23(32-9-8-31-18)24(19)51(4,5)48)36-20-10-17(16-13-34-38(2)14-16)21(11-22(20)49-3)39-27(40,41)29(44,45)50-30(46,47)28(39,42)43/h6-14,40-47H,1-5H3,(H2,33,35,36,37). The Kier molecular flexibility index (Phi) is 8.55. The van der Waals surface area contributed by atoms with Crippen LogP contribution in [0.15, 0.2) is 55.2 Å². The number of ether oxygens (including phenoxy) is 2. The fraction of sp³-hybridized carbons (Fsp3) is 0.300. The van der Waals surface area contributed by atoms with Gasteiger partial charge in [-0.05, 0) is 38.5 Å². The summed E-state index contributed by atoms with van der Waals surface area (Å²) < 4.78 is 24.3. The van der Waals surface area contributed by atoms with Gasteiger partial charge in [0.25, 0.3) is 0 Å². The highest BCUT2D eigenvalue weighted by atomic mass is 31.2. The van der Waals surface area contributed by atoms with Crippen molar-refractivity contribution in [2.75, 3.05) is 36.0 Å². The molecule has 0 bridgehead atoms. The minimum absolute atomic E-state index is 0.00256. The van der Waals surface area contributed by atoms with E-state index in [1.807, 2.05) is 0 Å². The average Bonchev–Trinajstić information content (AvgIpc) is 3.46. The molecule has 3 aromatic heterocycles. The molecule has 0 radical (unpaired) electrons. The van der Waals surface area contributed by atoms with Crippen LogP contribution in [-0.4, -0.2) is 115 Å². The zero-order chi connectivity index (χ0) is 37.3. The first-order chi connectivity index (χ1) is 23.7. The molecule has 4 heterocycles. The van der Waals surface area contributed by atoms with E-state index in [0.29, 0.717) is 33.4 Å². The molecule has 0 spiro atoms. The largest absolute Gasteiger partial charge is 0.494 e. The van der Waals surface area contributed by atoms with E-state index in [2.05, 4.69) is 40.4 Å². The number of nitrogens with zero attached hydrogens (tertiary/aromatic N) is 7.